The summed E-state index contributed by atoms with van der Waals surface area (Å²) in [5, 5.41) is 11.0. The Morgan fingerprint density at radius 1 is 1.40 bits per heavy atom. The predicted molar refractivity (Wildman–Crippen MR) is 86.4 cm³/mol. The summed E-state index contributed by atoms with van der Waals surface area (Å²) < 4.78 is 0. The van der Waals surface area contributed by atoms with Crippen LogP contribution in [-0.2, 0) is 6.54 Å². The van der Waals surface area contributed by atoms with Gasteiger partial charge in [0, 0.05) is 45.8 Å². The van der Waals surface area contributed by atoms with Crippen LogP contribution in [0.25, 0.3) is 0 Å². The second-order valence-electron chi connectivity index (χ2n) is 5.33. The zero-order valence-electron chi connectivity index (χ0n) is 12.6. The first kappa shape index (κ1) is 15.3. The van der Waals surface area contributed by atoms with E-state index in [1.165, 1.54) is 5.56 Å². The molecule has 20 heavy (non-hydrogen) atoms. The van der Waals surface area contributed by atoms with Crippen molar-refractivity contribution in [2.24, 2.45) is 4.99 Å². The number of hydrogen-bond donors (Lipinski definition) is 2. The molecule has 0 saturated carbocycles. The third-order valence-electron chi connectivity index (χ3n) is 3.75. The third-order valence-corrected chi connectivity index (χ3v) is 4.48. The van der Waals surface area contributed by atoms with Crippen molar-refractivity contribution in [1.29, 1.82) is 0 Å². The van der Waals surface area contributed by atoms with E-state index in [1.54, 1.807) is 11.3 Å². The number of nitrogens with zero attached hydrogens (tertiary/aromatic N) is 3. The highest BCUT2D eigenvalue weighted by molar-refractivity contribution is 7.07. The number of thiophene rings is 1. The van der Waals surface area contributed by atoms with Crippen LogP contribution in [0.4, 0.5) is 0 Å². The molecule has 0 radical (unpaired) electrons. The fourth-order valence-corrected chi connectivity index (χ4v) is 3.00. The highest BCUT2D eigenvalue weighted by Crippen LogP contribution is 2.06. The molecule has 0 amide bonds. The molecule has 1 aromatic rings. The summed E-state index contributed by atoms with van der Waals surface area (Å²) >= 11 is 1.72. The van der Waals surface area contributed by atoms with Gasteiger partial charge in [-0.05, 0) is 36.5 Å². The average Bonchev–Trinajstić information content (AvgIpc) is 2.96. The smallest absolute Gasteiger partial charge is 0.191 e. The van der Waals surface area contributed by atoms with Crippen molar-refractivity contribution in [3.63, 3.8) is 0 Å². The minimum atomic E-state index is 0.536. The van der Waals surface area contributed by atoms with Gasteiger partial charge in [-0.3, -0.25) is 9.89 Å². The Hall–Kier alpha value is -1.11. The number of guanidine groups is 1. The van der Waals surface area contributed by atoms with Gasteiger partial charge in [-0.25, -0.2) is 0 Å². The van der Waals surface area contributed by atoms with Crippen LogP contribution in [0.15, 0.2) is 21.8 Å². The second kappa shape index (κ2) is 7.61. The van der Waals surface area contributed by atoms with Gasteiger partial charge in [0.1, 0.15) is 0 Å². The van der Waals surface area contributed by atoms with Crippen LogP contribution in [-0.4, -0.2) is 69.1 Å². The number of likely N-dealkylation sites (N-methyl/N-ethyl adjacent to an activating group) is 2. The van der Waals surface area contributed by atoms with Crippen LogP contribution in [0.2, 0.25) is 0 Å². The molecule has 1 saturated heterocycles. The summed E-state index contributed by atoms with van der Waals surface area (Å²) in [5.41, 5.74) is 1.30. The second-order valence-corrected chi connectivity index (χ2v) is 6.11. The number of piperazine rings is 1. The molecule has 1 aromatic heterocycles. The molecule has 112 valence electrons. The largest absolute Gasteiger partial charge is 0.355 e. The fourth-order valence-electron chi connectivity index (χ4n) is 2.34. The zero-order valence-corrected chi connectivity index (χ0v) is 13.4. The molecule has 1 aliphatic rings. The molecule has 1 aliphatic heterocycles. The Labute approximate surface area is 125 Å². The maximum Gasteiger partial charge on any atom is 0.191 e. The highest BCUT2D eigenvalue weighted by Gasteiger charge is 2.21. The summed E-state index contributed by atoms with van der Waals surface area (Å²) in [6.07, 6.45) is 0. The lowest BCUT2D eigenvalue weighted by molar-refractivity contribution is 0.116. The van der Waals surface area contributed by atoms with E-state index in [2.05, 4.69) is 56.3 Å². The van der Waals surface area contributed by atoms with Gasteiger partial charge >= 0.3 is 0 Å². The Bertz CT molecular complexity index is 417. The van der Waals surface area contributed by atoms with E-state index < -0.39 is 0 Å². The van der Waals surface area contributed by atoms with Crippen molar-refractivity contribution in [2.75, 3.05) is 47.3 Å². The van der Waals surface area contributed by atoms with E-state index in [9.17, 15) is 0 Å². The van der Waals surface area contributed by atoms with Crippen LogP contribution in [0.5, 0.6) is 0 Å². The lowest BCUT2D eigenvalue weighted by atomic mass is 10.2. The molecule has 1 atom stereocenters. The molecule has 2 rings (SSSR count). The van der Waals surface area contributed by atoms with Gasteiger partial charge in [0.2, 0.25) is 0 Å². The first-order valence-electron chi connectivity index (χ1n) is 7.03. The molecule has 0 bridgehead atoms. The SMILES string of the molecule is CN=C(NCc1ccsc1)NCC1CN(C)CCN1C. The van der Waals surface area contributed by atoms with E-state index in [4.69, 9.17) is 0 Å². The lowest BCUT2D eigenvalue weighted by Crippen LogP contribution is -2.55. The van der Waals surface area contributed by atoms with Crippen LogP contribution in [0, 0.1) is 0 Å². The van der Waals surface area contributed by atoms with Crippen molar-refractivity contribution < 1.29 is 0 Å². The van der Waals surface area contributed by atoms with Crippen LogP contribution >= 0.6 is 11.3 Å². The molecule has 0 aromatic carbocycles. The van der Waals surface area contributed by atoms with E-state index in [0.717, 1.165) is 38.7 Å². The zero-order chi connectivity index (χ0) is 14.4. The van der Waals surface area contributed by atoms with Gasteiger partial charge in [-0.1, -0.05) is 0 Å². The first-order valence-corrected chi connectivity index (χ1v) is 7.97. The Balaban J connectivity index is 1.75. The molecule has 5 nitrogen and oxygen atoms in total. The number of rotatable bonds is 4. The van der Waals surface area contributed by atoms with Gasteiger partial charge in [0.05, 0.1) is 0 Å². The molecule has 0 aliphatic carbocycles. The predicted octanol–water partition coefficient (Wildman–Crippen LogP) is 0.659. The molecule has 0 spiro atoms. The monoisotopic (exact) mass is 295 g/mol. The van der Waals surface area contributed by atoms with Crippen molar-refractivity contribution in [3.8, 4) is 0 Å². The van der Waals surface area contributed by atoms with Crippen LogP contribution in [0.1, 0.15) is 5.56 Å². The summed E-state index contributed by atoms with van der Waals surface area (Å²) in [7, 11) is 6.20. The fraction of sp³-hybridized carbons (Fsp3) is 0.643. The molecular weight excluding hydrogens is 270 g/mol. The number of aliphatic imine (C=N–C) groups is 1. The Morgan fingerprint density at radius 2 is 2.25 bits per heavy atom. The van der Waals surface area contributed by atoms with Crippen LogP contribution in [0.3, 0.4) is 0 Å². The van der Waals surface area contributed by atoms with Gasteiger partial charge in [0.25, 0.3) is 0 Å². The Morgan fingerprint density at radius 3 is 2.95 bits per heavy atom. The molecule has 1 unspecified atom stereocenters. The number of hydrogen-bond acceptors (Lipinski definition) is 4. The molecule has 2 N–H and O–H groups in total. The summed E-state index contributed by atoms with van der Waals surface area (Å²) in [4.78, 5) is 9.08. The van der Waals surface area contributed by atoms with Gasteiger partial charge in [-0.15, -0.1) is 0 Å². The third kappa shape index (κ3) is 4.47. The lowest BCUT2D eigenvalue weighted by Gasteiger charge is -2.37. The summed E-state index contributed by atoms with van der Waals surface area (Å²) in [5.74, 6) is 0.873. The Kier molecular flexibility index (Phi) is 5.82. The maximum atomic E-state index is 4.28. The normalized spacial score (nSPS) is 21.9. The van der Waals surface area contributed by atoms with E-state index >= 15 is 0 Å². The summed E-state index contributed by atoms with van der Waals surface area (Å²) in [6.45, 7) is 5.13. The standard InChI is InChI=1S/C14H25N5S/c1-15-14(16-8-12-4-7-20-11-12)17-9-13-10-18(2)5-6-19(13)3/h4,7,11,13H,5-6,8-10H2,1-3H3,(H2,15,16,17). The maximum absolute atomic E-state index is 4.28. The van der Waals surface area contributed by atoms with Gasteiger partial charge < -0.3 is 15.5 Å². The van der Waals surface area contributed by atoms with Gasteiger partial charge in [0.15, 0.2) is 5.96 Å². The highest BCUT2D eigenvalue weighted by atomic mass is 32.1. The number of nitrogens with one attached hydrogen (secondary N) is 2. The quantitative estimate of drug-likeness (QED) is 0.633. The van der Waals surface area contributed by atoms with Crippen molar-refractivity contribution >= 4 is 17.3 Å². The van der Waals surface area contributed by atoms with Gasteiger partial charge in [-0.2, -0.15) is 11.3 Å². The summed E-state index contributed by atoms with van der Waals surface area (Å²) in [6, 6.07) is 2.67. The molecule has 6 heteroatoms. The molecule has 1 fully saturated rings. The van der Waals surface area contributed by atoms with E-state index in [-0.39, 0.29) is 0 Å². The molecule has 2 heterocycles. The van der Waals surface area contributed by atoms with Crippen molar-refractivity contribution in [2.45, 2.75) is 12.6 Å². The minimum Gasteiger partial charge on any atom is -0.355 e. The van der Waals surface area contributed by atoms with E-state index in [1.807, 2.05) is 7.05 Å². The first-order chi connectivity index (χ1) is 9.69. The van der Waals surface area contributed by atoms with Crippen molar-refractivity contribution in [1.82, 2.24) is 20.4 Å². The minimum absolute atomic E-state index is 0.536. The van der Waals surface area contributed by atoms with Crippen LogP contribution < -0.4 is 10.6 Å². The molecular formula is C14H25N5S. The average molecular weight is 295 g/mol. The van der Waals surface area contributed by atoms with Crippen molar-refractivity contribution in [3.05, 3.63) is 22.4 Å². The van der Waals surface area contributed by atoms with E-state index in [0.29, 0.717) is 6.04 Å². The topological polar surface area (TPSA) is 42.9 Å².